The van der Waals surface area contributed by atoms with E-state index in [1.807, 2.05) is 31.3 Å². The molecule has 0 atom stereocenters. The van der Waals surface area contributed by atoms with Crippen LogP contribution in [0.2, 0.25) is 0 Å². The van der Waals surface area contributed by atoms with Crippen molar-refractivity contribution in [2.45, 2.75) is 90.9 Å². The molecule has 0 aliphatic carbocycles. The maximum Gasteiger partial charge on any atom is 0.336 e. The van der Waals surface area contributed by atoms with Crippen LogP contribution in [0.15, 0.2) is 39.7 Å². The van der Waals surface area contributed by atoms with Gasteiger partial charge in [0.25, 0.3) is 0 Å². The number of hydrogen-bond acceptors (Lipinski definition) is 4. The molecule has 0 spiro atoms. The van der Waals surface area contributed by atoms with E-state index in [1.54, 1.807) is 6.07 Å². The minimum atomic E-state index is -0.295. The smallest absolute Gasteiger partial charge is 0.336 e. The second-order valence-electron chi connectivity index (χ2n) is 9.50. The third-order valence-electron chi connectivity index (χ3n) is 6.24. The molecule has 0 unspecified atom stereocenters. The lowest BCUT2D eigenvalue weighted by Crippen LogP contribution is -2.25. The summed E-state index contributed by atoms with van der Waals surface area (Å²) in [5, 5.41) is 0.982. The van der Waals surface area contributed by atoms with Crippen molar-refractivity contribution in [2.75, 3.05) is 32.1 Å². The molecule has 0 radical (unpaired) electrons. The Morgan fingerprint density at radius 1 is 0.788 bits per heavy atom. The van der Waals surface area contributed by atoms with E-state index in [2.05, 4.69) is 36.9 Å². The summed E-state index contributed by atoms with van der Waals surface area (Å²) >= 11 is 0. The van der Waals surface area contributed by atoms with Gasteiger partial charge >= 0.3 is 5.63 Å². The first kappa shape index (κ1) is 27.0. The molecular weight excluding hydrogens is 408 g/mol. The van der Waals surface area contributed by atoms with Crippen LogP contribution in [0.25, 0.3) is 17.0 Å². The average molecular weight is 455 g/mol. The summed E-state index contributed by atoms with van der Waals surface area (Å²) in [5.74, 6) is 0. The molecule has 0 saturated carbocycles. The highest BCUT2D eigenvalue weighted by atomic mass is 16.4. The Bertz CT molecular complexity index is 869. The second-order valence-corrected chi connectivity index (χ2v) is 9.50. The Kier molecular flexibility index (Phi) is 12.8. The maximum absolute atomic E-state index is 12.2. The van der Waals surface area contributed by atoms with Crippen molar-refractivity contribution in [3.8, 4) is 0 Å². The Balaban J connectivity index is 2.13. The van der Waals surface area contributed by atoms with E-state index in [4.69, 9.17) is 4.42 Å². The number of anilines is 1. The molecule has 184 valence electrons. The highest BCUT2D eigenvalue weighted by molar-refractivity contribution is 5.88. The normalized spacial score (nSPS) is 11.5. The number of unbranched alkanes of at least 4 members (excludes halogenated alkanes) is 10. The van der Waals surface area contributed by atoms with Gasteiger partial charge in [-0.1, -0.05) is 78.1 Å². The summed E-state index contributed by atoms with van der Waals surface area (Å²) in [6, 6.07) is 7.95. The first-order valence-corrected chi connectivity index (χ1v) is 13.2. The van der Waals surface area contributed by atoms with Gasteiger partial charge in [-0.15, -0.1) is 0 Å². The van der Waals surface area contributed by atoms with E-state index < -0.39 is 0 Å². The van der Waals surface area contributed by atoms with Crippen LogP contribution in [0.1, 0.15) is 96.5 Å². The van der Waals surface area contributed by atoms with E-state index >= 15 is 0 Å². The van der Waals surface area contributed by atoms with Gasteiger partial charge in [0, 0.05) is 50.4 Å². The summed E-state index contributed by atoms with van der Waals surface area (Å²) in [4.78, 5) is 16.7. The molecule has 4 nitrogen and oxygen atoms in total. The number of benzene rings is 1. The van der Waals surface area contributed by atoms with Crippen LogP contribution in [0.5, 0.6) is 0 Å². The zero-order valence-corrected chi connectivity index (χ0v) is 21.6. The molecule has 0 fully saturated rings. The number of hydrogen-bond donors (Lipinski definition) is 0. The molecule has 0 saturated heterocycles. The lowest BCUT2D eigenvalue weighted by atomic mass is 10.1. The van der Waals surface area contributed by atoms with Gasteiger partial charge in [0.15, 0.2) is 0 Å². The van der Waals surface area contributed by atoms with E-state index in [-0.39, 0.29) is 5.63 Å². The summed E-state index contributed by atoms with van der Waals surface area (Å²) < 4.78 is 5.61. The van der Waals surface area contributed by atoms with Crippen molar-refractivity contribution in [2.24, 2.45) is 0 Å². The third kappa shape index (κ3) is 10.1. The number of fused-ring (bicyclic) bond motifs is 1. The fourth-order valence-electron chi connectivity index (χ4n) is 4.28. The van der Waals surface area contributed by atoms with Crippen molar-refractivity contribution in [1.82, 2.24) is 4.90 Å². The van der Waals surface area contributed by atoms with E-state index in [0.717, 1.165) is 24.0 Å². The molecule has 1 aromatic heterocycles. The molecule has 0 N–H and O–H groups in total. The van der Waals surface area contributed by atoms with Crippen LogP contribution in [-0.2, 0) is 0 Å². The van der Waals surface area contributed by atoms with Crippen molar-refractivity contribution in [1.29, 1.82) is 0 Å². The Hall–Kier alpha value is -2.23. The average Bonchev–Trinajstić information content (AvgIpc) is 2.80. The lowest BCUT2D eigenvalue weighted by Gasteiger charge is -2.25. The first-order valence-electron chi connectivity index (χ1n) is 13.2. The molecule has 2 aromatic rings. The number of rotatable bonds is 17. The highest BCUT2D eigenvalue weighted by Gasteiger charge is 2.10. The Morgan fingerprint density at radius 3 is 1.94 bits per heavy atom. The van der Waals surface area contributed by atoms with Gasteiger partial charge in [-0.2, -0.15) is 0 Å². The largest absolute Gasteiger partial charge is 0.423 e. The third-order valence-corrected chi connectivity index (χ3v) is 6.24. The quantitative estimate of drug-likeness (QED) is 0.180. The van der Waals surface area contributed by atoms with Crippen LogP contribution < -0.4 is 10.5 Å². The zero-order valence-electron chi connectivity index (χ0n) is 21.6. The van der Waals surface area contributed by atoms with E-state index in [9.17, 15) is 4.79 Å². The first-order chi connectivity index (χ1) is 16.0. The molecule has 33 heavy (non-hydrogen) atoms. The van der Waals surface area contributed by atoms with E-state index in [0.29, 0.717) is 5.58 Å². The standard InChI is InChI=1S/C29H46N2O2/c1-5-7-9-11-13-15-20-31(21-16-14-12-10-8-6-2)26-17-18-27-25(19-22-30(3)4)23-29(32)33-28(27)24-26/h17-19,22-24H,5-16,20-21H2,1-4H3/b22-19+. The predicted molar refractivity (Wildman–Crippen MR) is 144 cm³/mol. The summed E-state index contributed by atoms with van der Waals surface area (Å²) in [6.45, 7) is 6.66. The summed E-state index contributed by atoms with van der Waals surface area (Å²) in [6.07, 6.45) is 19.6. The highest BCUT2D eigenvalue weighted by Crippen LogP contribution is 2.26. The number of nitrogens with zero attached hydrogens (tertiary/aromatic N) is 2. The van der Waals surface area contributed by atoms with Crippen LogP contribution in [-0.4, -0.2) is 32.1 Å². The van der Waals surface area contributed by atoms with Gasteiger partial charge in [0.2, 0.25) is 0 Å². The van der Waals surface area contributed by atoms with E-state index in [1.165, 1.54) is 82.7 Å². The van der Waals surface area contributed by atoms with Crippen LogP contribution in [0, 0.1) is 0 Å². The van der Waals surface area contributed by atoms with Crippen LogP contribution >= 0.6 is 0 Å². The van der Waals surface area contributed by atoms with Gasteiger partial charge in [0.05, 0.1) is 0 Å². The topological polar surface area (TPSA) is 36.7 Å². The molecule has 0 aliphatic rings. The fourth-order valence-corrected chi connectivity index (χ4v) is 4.28. The minimum Gasteiger partial charge on any atom is -0.423 e. The van der Waals surface area contributed by atoms with Crippen molar-refractivity contribution in [3.63, 3.8) is 0 Å². The van der Waals surface area contributed by atoms with Gasteiger partial charge in [0.1, 0.15) is 5.58 Å². The summed E-state index contributed by atoms with van der Waals surface area (Å²) in [7, 11) is 3.95. The van der Waals surface area contributed by atoms with Crippen LogP contribution in [0.3, 0.4) is 0 Å². The Morgan fingerprint density at radius 2 is 1.36 bits per heavy atom. The van der Waals surface area contributed by atoms with Crippen LogP contribution in [0.4, 0.5) is 5.69 Å². The van der Waals surface area contributed by atoms with Gasteiger partial charge < -0.3 is 14.2 Å². The minimum absolute atomic E-state index is 0.295. The molecular formula is C29H46N2O2. The maximum atomic E-state index is 12.2. The van der Waals surface area contributed by atoms with Crippen molar-refractivity contribution < 1.29 is 4.42 Å². The van der Waals surface area contributed by atoms with Crippen molar-refractivity contribution >= 4 is 22.7 Å². The molecule has 0 amide bonds. The molecule has 4 heteroatoms. The SMILES string of the molecule is CCCCCCCCN(CCCCCCCC)c1ccc2c(/C=C/N(C)C)cc(=O)oc2c1. The molecule has 1 aromatic carbocycles. The van der Waals surface area contributed by atoms with Gasteiger partial charge in [-0.05, 0) is 42.8 Å². The Labute approximate surface area is 201 Å². The predicted octanol–water partition coefficient (Wildman–Crippen LogP) is 7.85. The van der Waals surface area contributed by atoms with Gasteiger partial charge in [-0.3, -0.25) is 0 Å². The summed E-state index contributed by atoms with van der Waals surface area (Å²) in [5.41, 5.74) is 2.45. The van der Waals surface area contributed by atoms with Gasteiger partial charge in [-0.25, -0.2) is 4.79 Å². The molecule has 1 heterocycles. The fraction of sp³-hybridized carbons (Fsp3) is 0.621. The monoisotopic (exact) mass is 454 g/mol. The lowest BCUT2D eigenvalue weighted by molar-refractivity contribution is 0.558. The zero-order chi connectivity index (χ0) is 23.9. The molecule has 0 bridgehead atoms. The van der Waals surface area contributed by atoms with Crippen molar-refractivity contribution in [3.05, 3.63) is 46.4 Å². The molecule has 0 aliphatic heterocycles. The molecule has 2 rings (SSSR count). The second kappa shape index (κ2) is 15.6.